The summed E-state index contributed by atoms with van der Waals surface area (Å²) in [5.41, 5.74) is 1.11. The molecular formula is C21H22ClN5O3S. The van der Waals surface area contributed by atoms with Crippen molar-refractivity contribution < 1.29 is 14.3 Å². The Morgan fingerprint density at radius 1 is 1.16 bits per heavy atom. The van der Waals surface area contributed by atoms with Crippen LogP contribution in [-0.2, 0) is 11.8 Å². The van der Waals surface area contributed by atoms with Crippen molar-refractivity contribution in [1.82, 2.24) is 20.1 Å². The Hall–Kier alpha value is -3.04. The summed E-state index contributed by atoms with van der Waals surface area (Å²) < 4.78 is 7.00. The van der Waals surface area contributed by atoms with Gasteiger partial charge in [0, 0.05) is 17.6 Å². The minimum absolute atomic E-state index is 0.148. The van der Waals surface area contributed by atoms with E-state index >= 15 is 0 Å². The van der Waals surface area contributed by atoms with Gasteiger partial charge in [0.1, 0.15) is 5.75 Å². The first kappa shape index (κ1) is 22.6. The highest BCUT2D eigenvalue weighted by Gasteiger charge is 2.19. The van der Waals surface area contributed by atoms with Crippen molar-refractivity contribution in [1.29, 1.82) is 0 Å². The van der Waals surface area contributed by atoms with Gasteiger partial charge in [0.25, 0.3) is 5.91 Å². The summed E-state index contributed by atoms with van der Waals surface area (Å²) in [6.07, 6.45) is 0. The van der Waals surface area contributed by atoms with Gasteiger partial charge in [-0.2, -0.15) is 0 Å². The van der Waals surface area contributed by atoms with Crippen LogP contribution in [0.3, 0.4) is 0 Å². The average Bonchev–Trinajstić information content (AvgIpc) is 3.13. The van der Waals surface area contributed by atoms with Crippen molar-refractivity contribution in [2.75, 3.05) is 18.2 Å². The number of methoxy groups -OCH3 is 1. The molecule has 0 aliphatic rings. The normalized spacial score (nSPS) is 11.6. The van der Waals surface area contributed by atoms with Crippen molar-refractivity contribution in [3.8, 4) is 5.75 Å². The summed E-state index contributed by atoms with van der Waals surface area (Å²) in [5, 5.41) is 15.2. The molecule has 2 N–H and O–H groups in total. The number of halogens is 1. The molecule has 2 amide bonds. The van der Waals surface area contributed by atoms with Crippen LogP contribution in [0, 0.1) is 0 Å². The Labute approximate surface area is 189 Å². The Morgan fingerprint density at radius 3 is 2.58 bits per heavy atom. The molecule has 0 saturated heterocycles. The number of hydrogen-bond acceptors (Lipinski definition) is 6. The van der Waals surface area contributed by atoms with E-state index in [0.29, 0.717) is 33.0 Å². The van der Waals surface area contributed by atoms with E-state index in [1.165, 1.54) is 11.8 Å². The van der Waals surface area contributed by atoms with E-state index in [0.717, 1.165) is 0 Å². The molecule has 0 radical (unpaired) electrons. The molecule has 1 atom stereocenters. The number of carbonyl (C=O) groups excluding carboxylic acids is 2. The molecule has 31 heavy (non-hydrogen) atoms. The molecule has 1 aromatic heterocycles. The van der Waals surface area contributed by atoms with Gasteiger partial charge in [-0.3, -0.25) is 9.59 Å². The summed E-state index contributed by atoms with van der Waals surface area (Å²) in [6, 6.07) is 13.5. The molecule has 0 fully saturated rings. The maximum absolute atomic E-state index is 12.4. The lowest BCUT2D eigenvalue weighted by Gasteiger charge is -2.14. The van der Waals surface area contributed by atoms with E-state index in [4.69, 9.17) is 16.3 Å². The predicted molar refractivity (Wildman–Crippen MR) is 121 cm³/mol. The molecule has 0 aliphatic carbocycles. The number of rotatable bonds is 8. The smallest absolute Gasteiger partial charge is 0.251 e. The van der Waals surface area contributed by atoms with E-state index in [9.17, 15) is 9.59 Å². The van der Waals surface area contributed by atoms with E-state index < -0.39 is 0 Å². The fourth-order valence-corrected chi connectivity index (χ4v) is 3.68. The van der Waals surface area contributed by atoms with Crippen LogP contribution in [0.15, 0.2) is 53.7 Å². The maximum atomic E-state index is 12.4. The molecule has 162 valence electrons. The van der Waals surface area contributed by atoms with Crippen molar-refractivity contribution >= 4 is 40.9 Å². The molecule has 8 nitrogen and oxygen atoms in total. The van der Waals surface area contributed by atoms with Crippen LogP contribution in [-0.4, -0.2) is 39.4 Å². The number of hydrogen-bond donors (Lipinski definition) is 2. The van der Waals surface area contributed by atoms with Crippen LogP contribution in [0.25, 0.3) is 0 Å². The van der Waals surface area contributed by atoms with Crippen LogP contribution in [0.5, 0.6) is 5.75 Å². The zero-order valence-corrected chi connectivity index (χ0v) is 18.8. The standard InChI is InChI=1S/C21H22ClN5O3S/c1-13(23-20(29)14-8-10-15(22)11-9-14)19-25-26-21(27(19)2)31-12-18(28)24-16-6-4-5-7-17(16)30-3/h4-11,13H,12H2,1-3H3,(H,23,29)(H,24,28)/t13-/m0/s1. The third-order valence-electron chi connectivity index (χ3n) is 4.42. The number of aromatic nitrogens is 3. The quantitative estimate of drug-likeness (QED) is 0.498. The Balaban J connectivity index is 1.58. The van der Waals surface area contributed by atoms with Gasteiger partial charge in [0.15, 0.2) is 11.0 Å². The zero-order valence-electron chi connectivity index (χ0n) is 17.3. The maximum Gasteiger partial charge on any atom is 0.251 e. The van der Waals surface area contributed by atoms with Crippen molar-refractivity contribution in [3.63, 3.8) is 0 Å². The molecular weight excluding hydrogens is 438 g/mol. The van der Waals surface area contributed by atoms with Gasteiger partial charge >= 0.3 is 0 Å². The Kier molecular flexibility index (Phi) is 7.54. The topological polar surface area (TPSA) is 98.1 Å². The van der Waals surface area contributed by atoms with Crippen molar-refractivity contribution in [2.24, 2.45) is 7.05 Å². The average molecular weight is 460 g/mol. The first-order chi connectivity index (χ1) is 14.9. The lowest BCUT2D eigenvalue weighted by atomic mass is 10.2. The first-order valence-electron chi connectivity index (χ1n) is 9.40. The lowest BCUT2D eigenvalue weighted by molar-refractivity contribution is -0.113. The highest BCUT2D eigenvalue weighted by molar-refractivity contribution is 7.99. The van der Waals surface area contributed by atoms with Crippen LogP contribution < -0.4 is 15.4 Å². The Bertz CT molecular complexity index is 1070. The first-order valence-corrected chi connectivity index (χ1v) is 10.8. The van der Waals surface area contributed by atoms with Crippen LogP contribution in [0.4, 0.5) is 5.69 Å². The molecule has 0 bridgehead atoms. The molecule has 3 rings (SSSR count). The van der Waals surface area contributed by atoms with Crippen molar-refractivity contribution in [2.45, 2.75) is 18.1 Å². The van der Waals surface area contributed by atoms with Gasteiger partial charge in [0.05, 0.1) is 24.6 Å². The molecule has 3 aromatic rings. The molecule has 0 saturated carbocycles. The number of nitrogens with zero attached hydrogens (tertiary/aromatic N) is 3. The largest absolute Gasteiger partial charge is 0.495 e. The lowest BCUT2D eigenvalue weighted by Crippen LogP contribution is -2.28. The third-order valence-corrected chi connectivity index (χ3v) is 5.70. The number of amides is 2. The highest BCUT2D eigenvalue weighted by atomic mass is 35.5. The SMILES string of the molecule is COc1ccccc1NC(=O)CSc1nnc([C@H](C)NC(=O)c2ccc(Cl)cc2)n1C. The fraction of sp³-hybridized carbons (Fsp3) is 0.238. The molecule has 0 spiro atoms. The summed E-state index contributed by atoms with van der Waals surface area (Å²) in [5.74, 6) is 0.887. The van der Waals surface area contributed by atoms with Crippen LogP contribution >= 0.6 is 23.4 Å². The van der Waals surface area contributed by atoms with E-state index in [2.05, 4.69) is 20.8 Å². The zero-order chi connectivity index (χ0) is 22.4. The van der Waals surface area contributed by atoms with E-state index in [1.54, 1.807) is 55.1 Å². The number of thioether (sulfide) groups is 1. The molecule has 2 aromatic carbocycles. The van der Waals surface area contributed by atoms with Crippen LogP contribution in [0.2, 0.25) is 5.02 Å². The second-order valence-electron chi connectivity index (χ2n) is 6.64. The summed E-state index contributed by atoms with van der Waals surface area (Å²) in [6.45, 7) is 1.82. The second kappa shape index (κ2) is 10.3. The number of nitrogens with one attached hydrogen (secondary N) is 2. The number of ether oxygens (including phenoxy) is 1. The van der Waals surface area contributed by atoms with E-state index in [1.807, 2.05) is 19.1 Å². The third kappa shape index (κ3) is 5.77. The number of para-hydroxylation sites is 2. The van der Waals surface area contributed by atoms with Gasteiger partial charge < -0.3 is 19.9 Å². The number of carbonyl (C=O) groups is 2. The van der Waals surface area contributed by atoms with Gasteiger partial charge in [-0.15, -0.1) is 10.2 Å². The highest BCUT2D eigenvalue weighted by Crippen LogP contribution is 2.24. The second-order valence-corrected chi connectivity index (χ2v) is 8.02. The monoisotopic (exact) mass is 459 g/mol. The van der Waals surface area contributed by atoms with Gasteiger partial charge in [-0.05, 0) is 43.3 Å². The number of benzene rings is 2. The van der Waals surface area contributed by atoms with Gasteiger partial charge in [-0.25, -0.2) is 0 Å². The predicted octanol–water partition coefficient (Wildman–Crippen LogP) is 3.70. The fourth-order valence-electron chi connectivity index (χ4n) is 2.84. The summed E-state index contributed by atoms with van der Waals surface area (Å²) >= 11 is 7.12. The van der Waals surface area contributed by atoms with Gasteiger partial charge in [0.2, 0.25) is 5.91 Å². The minimum Gasteiger partial charge on any atom is -0.495 e. The molecule has 10 heteroatoms. The van der Waals surface area contributed by atoms with Crippen molar-refractivity contribution in [3.05, 3.63) is 64.9 Å². The van der Waals surface area contributed by atoms with Crippen LogP contribution in [0.1, 0.15) is 29.1 Å². The van der Waals surface area contributed by atoms with Gasteiger partial charge in [-0.1, -0.05) is 35.5 Å². The summed E-state index contributed by atoms with van der Waals surface area (Å²) in [7, 11) is 3.34. The van der Waals surface area contributed by atoms with E-state index in [-0.39, 0.29) is 23.6 Å². The summed E-state index contributed by atoms with van der Waals surface area (Å²) in [4.78, 5) is 24.7. The Morgan fingerprint density at radius 2 is 1.87 bits per heavy atom. The molecule has 0 aliphatic heterocycles. The number of anilines is 1. The molecule has 1 heterocycles. The molecule has 0 unspecified atom stereocenters. The minimum atomic E-state index is -0.377.